The summed E-state index contributed by atoms with van der Waals surface area (Å²) in [5, 5.41) is 3.59. The van der Waals surface area contributed by atoms with E-state index < -0.39 is 0 Å². The molecule has 1 aliphatic heterocycles. The molecule has 5 rings (SSSR count). The van der Waals surface area contributed by atoms with Crippen LogP contribution in [-0.4, -0.2) is 70.2 Å². The maximum atomic E-state index is 14.6. The van der Waals surface area contributed by atoms with Crippen molar-refractivity contribution in [2.45, 2.75) is 0 Å². The second-order valence-corrected chi connectivity index (χ2v) is 10.4. The number of benzene rings is 1. The van der Waals surface area contributed by atoms with Crippen LogP contribution >= 0.6 is 0 Å². The Morgan fingerprint density at radius 3 is 2.47 bits per heavy atom. The lowest BCUT2D eigenvalue weighted by Crippen LogP contribution is -2.44. The average Bonchev–Trinajstić information content (AvgIpc) is 3.16. The van der Waals surface area contributed by atoms with Gasteiger partial charge in [-0.1, -0.05) is 6.07 Å². The number of aromatic nitrogens is 4. The Labute approximate surface area is 201 Å². The summed E-state index contributed by atoms with van der Waals surface area (Å²) in [4.78, 5) is 18.3. The molecular weight excluding hydrogens is 451 g/mol. The smallest absolute Gasteiger partial charge is 0.229 e. The Morgan fingerprint density at radius 2 is 1.74 bits per heavy atom. The van der Waals surface area contributed by atoms with Crippen molar-refractivity contribution in [3.63, 3.8) is 0 Å². The van der Waals surface area contributed by atoms with Gasteiger partial charge in [0.15, 0.2) is 17.3 Å². The van der Waals surface area contributed by atoms with E-state index in [1.807, 2.05) is 30.3 Å². The Hall–Kier alpha value is -3.37. The molecule has 0 saturated carbocycles. The Bertz CT molecular complexity index is 1280. The van der Waals surface area contributed by atoms with Crippen LogP contribution in [0.4, 0.5) is 27.5 Å². The molecule has 0 bridgehead atoms. The molecule has 3 aromatic heterocycles. The van der Waals surface area contributed by atoms with Crippen molar-refractivity contribution in [3.8, 4) is 5.82 Å². The highest BCUT2D eigenvalue weighted by molar-refractivity contribution is 7.96. The van der Waals surface area contributed by atoms with E-state index >= 15 is 0 Å². The molecule has 1 saturated heterocycles. The molecule has 0 aliphatic carbocycles. The van der Waals surface area contributed by atoms with Gasteiger partial charge in [-0.3, -0.25) is 4.57 Å². The number of halogens is 1. The number of hydrogen-bond donors (Lipinski definition) is 2. The van der Waals surface area contributed by atoms with Gasteiger partial charge in [-0.05, 0) is 43.4 Å². The molecule has 2 N–H and O–H groups in total. The lowest BCUT2D eigenvalue weighted by molar-refractivity contribution is 0.313. The first-order valence-electron chi connectivity index (χ1n) is 11.1. The average molecular weight is 480 g/mol. The molecule has 1 fully saturated rings. The number of pyridine rings is 1. The number of anilines is 4. The van der Waals surface area contributed by atoms with Crippen LogP contribution in [0, 0.1) is 5.82 Å². The second kappa shape index (κ2) is 9.47. The van der Waals surface area contributed by atoms with Crippen LogP contribution in [0.15, 0.2) is 54.9 Å². The van der Waals surface area contributed by atoms with Gasteiger partial charge >= 0.3 is 0 Å². The van der Waals surface area contributed by atoms with E-state index in [9.17, 15) is 4.39 Å². The Balaban J connectivity index is 1.39. The molecule has 0 radical (unpaired) electrons. The van der Waals surface area contributed by atoms with Gasteiger partial charge in [0.1, 0.15) is 18.3 Å². The molecule has 0 atom stereocenters. The number of fused-ring (bicyclic) bond motifs is 1. The van der Waals surface area contributed by atoms with Crippen molar-refractivity contribution in [2.24, 2.45) is 0 Å². The van der Waals surface area contributed by atoms with Crippen LogP contribution in [0.25, 0.3) is 16.9 Å². The van der Waals surface area contributed by atoms with E-state index in [1.54, 1.807) is 4.57 Å². The van der Waals surface area contributed by atoms with Crippen LogP contribution in [0.5, 0.6) is 0 Å². The van der Waals surface area contributed by atoms with E-state index in [0.717, 1.165) is 37.7 Å². The highest BCUT2D eigenvalue weighted by Crippen LogP contribution is 2.25. The lowest BCUT2D eigenvalue weighted by atomic mass is 10.2. The second-order valence-electron chi connectivity index (χ2n) is 8.54. The maximum absolute atomic E-state index is 14.6. The SMILES string of the molecule is CN1CCN(c2ccc(Nc3ncc4c(F)cn(-c5cccc(N[S+](C)C)n5)c4n3)cc2)CC1. The summed E-state index contributed by atoms with van der Waals surface area (Å²) in [7, 11) is 2.15. The fourth-order valence-corrected chi connectivity index (χ4v) is 4.51. The van der Waals surface area contributed by atoms with Gasteiger partial charge in [-0.25, -0.2) is 14.4 Å². The molecule has 1 aliphatic rings. The number of nitrogens with zero attached hydrogens (tertiary/aromatic N) is 6. The lowest BCUT2D eigenvalue weighted by Gasteiger charge is -2.34. The first-order chi connectivity index (χ1) is 16.5. The van der Waals surface area contributed by atoms with Crippen LogP contribution in [-0.2, 0) is 11.1 Å². The van der Waals surface area contributed by atoms with Crippen molar-refractivity contribution in [1.82, 2.24) is 24.4 Å². The monoisotopic (exact) mass is 479 g/mol. The molecule has 4 heterocycles. The van der Waals surface area contributed by atoms with Crippen LogP contribution in [0.1, 0.15) is 0 Å². The summed E-state index contributed by atoms with van der Waals surface area (Å²) in [6, 6.07) is 13.9. The van der Waals surface area contributed by atoms with Crippen LogP contribution in [0.3, 0.4) is 0 Å². The number of likely N-dealkylation sites (N-methyl/N-ethyl adjacent to an activating group) is 1. The maximum Gasteiger partial charge on any atom is 0.229 e. The topological polar surface area (TPSA) is 74.1 Å². The minimum absolute atomic E-state index is 0.0213. The molecular formula is C24H28FN8S+. The minimum atomic E-state index is -0.385. The fourth-order valence-electron chi connectivity index (χ4n) is 3.98. The van der Waals surface area contributed by atoms with Crippen molar-refractivity contribution < 1.29 is 4.39 Å². The summed E-state index contributed by atoms with van der Waals surface area (Å²) in [5.41, 5.74) is 2.53. The molecule has 34 heavy (non-hydrogen) atoms. The molecule has 0 amide bonds. The van der Waals surface area contributed by atoms with Crippen molar-refractivity contribution in [2.75, 3.05) is 60.7 Å². The van der Waals surface area contributed by atoms with Gasteiger partial charge in [-0.2, -0.15) is 9.71 Å². The summed E-state index contributed by atoms with van der Waals surface area (Å²) in [5.74, 6) is 1.34. The van der Waals surface area contributed by atoms with Gasteiger partial charge in [0.2, 0.25) is 5.95 Å². The molecule has 8 nitrogen and oxygen atoms in total. The standard InChI is InChI=1S/C24H28FN8S/c1-31-11-13-32(14-12-31)18-9-7-17(8-10-18)27-24-26-15-19-20(25)16-33(23(19)29-24)22-6-4-5-21(28-22)30-34(2)3/h4-10,15-16H,11-14H2,1-3H3,(H,28,30)(H,26,27,29)/q+1. The van der Waals surface area contributed by atoms with Gasteiger partial charge in [0.25, 0.3) is 0 Å². The van der Waals surface area contributed by atoms with Crippen molar-refractivity contribution in [3.05, 3.63) is 60.7 Å². The first-order valence-corrected chi connectivity index (χ1v) is 13.2. The molecule has 0 unspecified atom stereocenters. The summed E-state index contributed by atoms with van der Waals surface area (Å²) in [6.45, 7) is 4.17. The van der Waals surface area contributed by atoms with E-state index in [-0.39, 0.29) is 16.9 Å². The normalized spacial score (nSPS) is 14.7. The molecule has 0 spiro atoms. The zero-order valence-electron chi connectivity index (χ0n) is 19.5. The first kappa shape index (κ1) is 22.4. The molecule has 176 valence electrons. The fraction of sp³-hybridized carbons (Fsp3) is 0.292. The van der Waals surface area contributed by atoms with Crippen molar-refractivity contribution in [1.29, 1.82) is 0 Å². The number of piperazine rings is 1. The summed E-state index contributed by atoms with van der Waals surface area (Å²) in [6.07, 6.45) is 7.05. The summed E-state index contributed by atoms with van der Waals surface area (Å²) >= 11 is -0.0213. The number of nitrogens with one attached hydrogen (secondary N) is 2. The predicted molar refractivity (Wildman–Crippen MR) is 139 cm³/mol. The quantitative estimate of drug-likeness (QED) is 0.409. The van der Waals surface area contributed by atoms with E-state index in [4.69, 9.17) is 0 Å². The van der Waals surface area contributed by atoms with Gasteiger partial charge in [-0.15, -0.1) is 0 Å². The van der Waals surface area contributed by atoms with E-state index in [2.05, 4.69) is 66.5 Å². The molecule has 10 heteroatoms. The number of hydrogen-bond acceptors (Lipinski definition) is 7. The third-order valence-electron chi connectivity index (χ3n) is 5.78. The molecule has 4 aromatic rings. The third-order valence-corrected chi connectivity index (χ3v) is 6.40. The third kappa shape index (κ3) is 4.78. The van der Waals surface area contributed by atoms with Crippen LogP contribution < -0.4 is 14.9 Å². The largest absolute Gasteiger partial charge is 0.369 e. The van der Waals surface area contributed by atoms with Gasteiger partial charge in [0.05, 0.1) is 16.5 Å². The van der Waals surface area contributed by atoms with Crippen molar-refractivity contribution >= 4 is 45.3 Å². The predicted octanol–water partition coefficient (Wildman–Crippen LogP) is 3.65. The Morgan fingerprint density at radius 1 is 0.971 bits per heavy atom. The highest BCUT2D eigenvalue weighted by atomic mass is 32.2. The van der Waals surface area contributed by atoms with Gasteiger partial charge < -0.3 is 15.1 Å². The highest BCUT2D eigenvalue weighted by Gasteiger charge is 2.16. The number of rotatable bonds is 6. The zero-order valence-corrected chi connectivity index (χ0v) is 20.3. The zero-order chi connectivity index (χ0) is 23.7. The Kier molecular flexibility index (Phi) is 6.25. The summed E-state index contributed by atoms with van der Waals surface area (Å²) < 4.78 is 19.6. The van der Waals surface area contributed by atoms with E-state index in [1.165, 1.54) is 18.1 Å². The van der Waals surface area contributed by atoms with Crippen LogP contribution in [0.2, 0.25) is 0 Å². The van der Waals surface area contributed by atoms with Gasteiger partial charge in [0, 0.05) is 49.9 Å². The van der Waals surface area contributed by atoms with E-state index in [0.29, 0.717) is 22.8 Å². The molecule has 1 aromatic carbocycles. The minimum Gasteiger partial charge on any atom is -0.369 e.